The number of nitrogens with one attached hydrogen (secondary N) is 1. The van der Waals surface area contributed by atoms with E-state index in [1.807, 2.05) is 6.92 Å². The second kappa shape index (κ2) is 9.45. The zero-order valence-corrected chi connectivity index (χ0v) is 12.9. The Morgan fingerprint density at radius 2 is 2.00 bits per heavy atom. The Bertz CT molecular complexity index is 312. The summed E-state index contributed by atoms with van der Waals surface area (Å²) in [5, 5.41) is 14.0. The fraction of sp³-hybridized carbons (Fsp3) is 0.857. The van der Waals surface area contributed by atoms with E-state index in [-0.39, 0.29) is 0 Å². The van der Waals surface area contributed by atoms with Crippen LogP contribution in [0.5, 0.6) is 0 Å². The number of nitrogens with zero attached hydrogens (tertiary/aromatic N) is 2. The normalized spacial score (nSPS) is 12.8. The zero-order chi connectivity index (χ0) is 13.2. The number of hydrogen-bond donors (Lipinski definition) is 1. The van der Waals surface area contributed by atoms with Gasteiger partial charge in [-0.05, 0) is 33.2 Å². The van der Waals surface area contributed by atoms with E-state index in [1.54, 1.807) is 11.3 Å². The van der Waals surface area contributed by atoms with Crippen LogP contribution in [-0.2, 0) is 6.42 Å². The molecule has 4 heteroatoms. The van der Waals surface area contributed by atoms with Gasteiger partial charge in [0, 0.05) is 12.5 Å². The van der Waals surface area contributed by atoms with Crippen molar-refractivity contribution in [2.45, 2.75) is 71.8 Å². The highest BCUT2D eigenvalue weighted by atomic mass is 32.1. The van der Waals surface area contributed by atoms with E-state index in [0.29, 0.717) is 6.04 Å². The van der Waals surface area contributed by atoms with Crippen molar-refractivity contribution < 1.29 is 0 Å². The van der Waals surface area contributed by atoms with E-state index in [2.05, 4.69) is 29.4 Å². The molecule has 1 N–H and O–H groups in total. The molecule has 0 fully saturated rings. The van der Waals surface area contributed by atoms with Crippen molar-refractivity contribution in [3.05, 3.63) is 10.0 Å². The summed E-state index contributed by atoms with van der Waals surface area (Å²) >= 11 is 1.72. The summed E-state index contributed by atoms with van der Waals surface area (Å²) in [7, 11) is 0. The van der Waals surface area contributed by atoms with Crippen molar-refractivity contribution in [1.29, 1.82) is 0 Å². The Kier molecular flexibility index (Phi) is 8.18. The minimum absolute atomic E-state index is 0.651. The number of hydrogen-bond acceptors (Lipinski definition) is 4. The molecule has 0 aromatic carbocycles. The lowest BCUT2D eigenvalue weighted by Crippen LogP contribution is -2.27. The average Bonchev–Trinajstić information content (AvgIpc) is 2.76. The Balaban J connectivity index is 1.96. The Morgan fingerprint density at radius 3 is 2.67 bits per heavy atom. The average molecular weight is 269 g/mol. The van der Waals surface area contributed by atoms with E-state index < -0.39 is 0 Å². The molecular weight excluding hydrogens is 242 g/mol. The van der Waals surface area contributed by atoms with Crippen LogP contribution in [0.3, 0.4) is 0 Å². The monoisotopic (exact) mass is 269 g/mol. The van der Waals surface area contributed by atoms with E-state index in [1.165, 1.54) is 37.1 Å². The van der Waals surface area contributed by atoms with Gasteiger partial charge in [0.25, 0.3) is 0 Å². The van der Waals surface area contributed by atoms with Gasteiger partial charge in [-0.2, -0.15) is 0 Å². The fourth-order valence-electron chi connectivity index (χ4n) is 2.01. The molecule has 0 spiro atoms. The quantitative estimate of drug-likeness (QED) is 0.658. The molecule has 0 amide bonds. The third kappa shape index (κ3) is 7.07. The first-order valence-corrected chi connectivity index (χ1v) is 8.06. The summed E-state index contributed by atoms with van der Waals surface area (Å²) in [4.78, 5) is 0. The molecular formula is C14H27N3S. The standard InChI is InChI=1S/C14H27N3S/c1-4-5-6-7-9-12(2)15-11-8-10-14-17-16-13(3)18-14/h12,15H,4-11H2,1-3H3. The van der Waals surface area contributed by atoms with Crippen molar-refractivity contribution >= 4 is 11.3 Å². The molecule has 1 aromatic rings. The molecule has 0 saturated heterocycles. The maximum absolute atomic E-state index is 4.14. The maximum atomic E-state index is 4.14. The molecule has 1 atom stereocenters. The summed E-state index contributed by atoms with van der Waals surface area (Å²) in [6.07, 6.45) is 8.96. The Labute approximate surface area is 115 Å². The first-order valence-electron chi connectivity index (χ1n) is 7.24. The van der Waals surface area contributed by atoms with Crippen LogP contribution in [0.25, 0.3) is 0 Å². The molecule has 0 aliphatic heterocycles. The van der Waals surface area contributed by atoms with Gasteiger partial charge in [0.15, 0.2) is 0 Å². The molecule has 3 nitrogen and oxygen atoms in total. The Morgan fingerprint density at radius 1 is 1.17 bits per heavy atom. The molecule has 18 heavy (non-hydrogen) atoms. The smallest absolute Gasteiger partial charge is 0.117 e. The van der Waals surface area contributed by atoms with Gasteiger partial charge in [-0.1, -0.05) is 32.6 Å². The lowest BCUT2D eigenvalue weighted by molar-refractivity contribution is 0.478. The molecule has 0 aliphatic rings. The van der Waals surface area contributed by atoms with Crippen molar-refractivity contribution in [3.8, 4) is 0 Å². The van der Waals surface area contributed by atoms with Gasteiger partial charge < -0.3 is 5.32 Å². The molecule has 1 rings (SSSR count). The predicted molar refractivity (Wildman–Crippen MR) is 79.2 cm³/mol. The van der Waals surface area contributed by atoms with Crippen LogP contribution in [0, 0.1) is 6.92 Å². The van der Waals surface area contributed by atoms with Gasteiger partial charge in [0.05, 0.1) is 0 Å². The first-order chi connectivity index (χ1) is 8.72. The maximum Gasteiger partial charge on any atom is 0.117 e. The van der Waals surface area contributed by atoms with Crippen molar-refractivity contribution in [2.75, 3.05) is 6.54 Å². The SMILES string of the molecule is CCCCCCC(C)NCCCc1nnc(C)s1. The highest BCUT2D eigenvalue weighted by Crippen LogP contribution is 2.10. The van der Waals surface area contributed by atoms with Crippen LogP contribution >= 0.6 is 11.3 Å². The lowest BCUT2D eigenvalue weighted by atomic mass is 10.1. The van der Waals surface area contributed by atoms with Gasteiger partial charge in [-0.25, -0.2) is 0 Å². The van der Waals surface area contributed by atoms with Crippen LogP contribution in [-0.4, -0.2) is 22.8 Å². The van der Waals surface area contributed by atoms with Crippen molar-refractivity contribution in [3.63, 3.8) is 0 Å². The lowest BCUT2D eigenvalue weighted by Gasteiger charge is -2.13. The van der Waals surface area contributed by atoms with Gasteiger partial charge in [0.1, 0.15) is 10.0 Å². The molecule has 0 bridgehead atoms. The van der Waals surface area contributed by atoms with Crippen molar-refractivity contribution in [2.24, 2.45) is 0 Å². The number of unbranched alkanes of at least 4 members (excludes halogenated alkanes) is 3. The minimum Gasteiger partial charge on any atom is -0.314 e. The van der Waals surface area contributed by atoms with Gasteiger partial charge >= 0.3 is 0 Å². The number of aromatic nitrogens is 2. The molecule has 1 unspecified atom stereocenters. The van der Waals surface area contributed by atoms with Crippen LogP contribution in [0.2, 0.25) is 0 Å². The minimum atomic E-state index is 0.651. The van der Waals surface area contributed by atoms with Crippen LogP contribution < -0.4 is 5.32 Å². The van der Waals surface area contributed by atoms with Crippen LogP contribution in [0.4, 0.5) is 0 Å². The van der Waals surface area contributed by atoms with Crippen LogP contribution in [0.1, 0.15) is 62.4 Å². The third-order valence-corrected chi connectivity index (χ3v) is 4.02. The predicted octanol–water partition coefficient (Wildman–Crippen LogP) is 3.73. The topological polar surface area (TPSA) is 37.8 Å². The third-order valence-electron chi connectivity index (χ3n) is 3.12. The molecule has 104 valence electrons. The highest BCUT2D eigenvalue weighted by molar-refractivity contribution is 7.11. The van der Waals surface area contributed by atoms with Crippen LogP contribution in [0.15, 0.2) is 0 Å². The van der Waals surface area contributed by atoms with E-state index in [0.717, 1.165) is 24.4 Å². The van der Waals surface area contributed by atoms with Gasteiger partial charge in [0.2, 0.25) is 0 Å². The number of rotatable bonds is 10. The van der Waals surface area contributed by atoms with Crippen molar-refractivity contribution in [1.82, 2.24) is 15.5 Å². The zero-order valence-electron chi connectivity index (χ0n) is 12.0. The summed E-state index contributed by atoms with van der Waals surface area (Å²) < 4.78 is 0. The van der Waals surface area contributed by atoms with Gasteiger partial charge in [-0.3, -0.25) is 0 Å². The number of aryl methyl sites for hydroxylation is 2. The molecule has 0 radical (unpaired) electrons. The first kappa shape index (κ1) is 15.6. The van der Waals surface area contributed by atoms with Gasteiger partial charge in [-0.15, -0.1) is 21.5 Å². The fourth-order valence-corrected chi connectivity index (χ4v) is 2.76. The van der Waals surface area contributed by atoms with E-state index in [4.69, 9.17) is 0 Å². The summed E-state index contributed by atoms with van der Waals surface area (Å²) in [6.45, 7) is 7.66. The summed E-state index contributed by atoms with van der Waals surface area (Å²) in [5.41, 5.74) is 0. The second-order valence-electron chi connectivity index (χ2n) is 5.02. The summed E-state index contributed by atoms with van der Waals surface area (Å²) in [5.74, 6) is 0. The molecule has 1 aromatic heterocycles. The summed E-state index contributed by atoms with van der Waals surface area (Å²) in [6, 6.07) is 0.651. The molecule has 0 saturated carbocycles. The van der Waals surface area contributed by atoms with E-state index >= 15 is 0 Å². The second-order valence-corrected chi connectivity index (χ2v) is 6.29. The largest absolute Gasteiger partial charge is 0.314 e. The molecule has 0 aliphatic carbocycles. The Hall–Kier alpha value is -0.480. The van der Waals surface area contributed by atoms with E-state index in [9.17, 15) is 0 Å². The highest BCUT2D eigenvalue weighted by Gasteiger charge is 2.02. The molecule has 1 heterocycles.